The molecule has 2 rings (SSSR count). The molecule has 4 nitrogen and oxygen atoms in total. The van der Waals surface area contributed by atoms with Crippen molar-refractivity contribution in [2.45, 2.75) is 13.8 Å². The molecule has 0 spiro atoms. The molecule has 0 amide bonds. The van der Waals surface area contributed by atoms with Gasteiger partial charge in [0.2, 0.25) is 0 Å². The highest BCUT2D eigenvalue weighted by Crippen LogP contribution is 2.32. The second kappa shape index (κ2) is 5.45. The molecular formula is C14H14ClNO3. The largest absolute Gasteiger partial charge is 0.494 e. The van der Waals surface area contributed by atoms with E-state index < -0.39 is 5.97 Å². The number of ether oxygens (including phenoxy) is 2. The van der Waals surface area contributed by atoms with Gasteiger partial charge in [-0.3, -0.25) is 0 Å². The quantitative estimate of drug-likeness (QED) is 0.808. The minimum Gasteiger partial charge on any atom is -0.494 e. The Bertz CT molecular complexity index is 640. The fourth-order valence-electron chi connectivity index (χ4n) is 1.88. The van der Waals surface area contributed by atoms with Crippen LogP contribution in [0.2, 0.25) is 5.02 Å². The lowest BCUT2D eigenvalue weighted by Gasteiger charge is -2.11. The number of carbonyl (C=O) groups is 1. The van der Waals surface area contributed by atoms with Crippen molar-refractivity contribution in [3.8, 4) is 5.75 Å². The van der Waals surface area contributed by atoms with Gasteiger partial charge in [-0.15, -0.1) is 0 Å². The third kappa shape index (κ3) is 2.36. The second-order valence-corrected chi connectivity index (χ2v) is 4.35. The summed E-state index contributed by atoms with van der Waals surface area (Å²) in [5, 5.41) is 1.25. The molecule has 19 heavy (non-hydrogen) atoms. The smallest absolute Gasteiger partial charge is 0.357 e. The number of pyridine rings is 1. The SMILES string of the molecule is CCOC(=O)c1nc2c(OC)cccc2c(Cl)c1C. The van der Waals surface area contributed by atoms with E-state index in [-0.39, 0.29) is 5.69 Å². The Kier molecular flexibility index (Phi) is 3.90. The van der Waals surface area contributed by atoms with Crippen molar-refractivity contribution in [2.75, 3.05) is 13.7 Å². The van der Waals surface area contributed by atoms with Crippen molar-refractivity contribution < 1.29 is 14.3 Å². The number of hydrogen-bond donors (Lipinski definition) is 0. The van der Waals surface area contributed by atoms with Crippen LogP contribution in [0.4, 0.5) is 0 Å². The summed E-state index contributed by atoms with van der Waals surface area (Å²) in [5.74, 6) is 0.0969. The number of benzene rings is 1. The zero-order chi connectivity index (χ0) is 14.0. The molecule has 0 bridgehead atoms. The van der Waals surface area contributed by atoms with Gasteiger partial charge in [0.05, 0.1) is 18.7 Å². The minimum atomic E-state index is -0.477. The average molecular weight is 280 g/mol. The zero-order valence-corrected chi connectivity index (χ0v) is 11.7. The van der Waals surface area contributed by atoms with Gasteiger partial charge in [0.25, 0.3) is 0 Å². The number of halogens is 1. The van der Waals surface area contributed by atoms with Gasteiger partial charge < -0.3 is 9.47 Å². The van der Waals surface area contributed by atoms with Gasteiger partial charge in [-0.25, -0.2) is 9.78 Å². The lowest BCUT2D eigenvalue weighted by Crippen LogP contribution is -2.10. The number of fused-ring (bicyclic) bond motifs is 1. The highest BCUT2D eigenvalue weighted by atomic mass is 35.5. The van der Waals surface area contributed by atoms with Gasteiger partial charge in [0, 0.05) is 10.9 Å². The number of methoxy groups -OCH3 is 1. The van der Waals surface area contributed by atoms with Crippen LogP contribution in [0.25, 0.3) is 10.9 Å². The maximum absolute atomic E-state index is 11.9. The summed E-state index contributed by atoms with van der Waals surface area (Å²) in [5.41, 5.74) is 1.40. The topological polar surface area (TPSA) is 48.4 Å². The monoisotopic (exact) mass is 279 g/mol. The van der Waals surface area contributed by atoms with Crippen molar-refractivity contribution in [3.05, 3.63) is 34.5 Å². The molecule has 0 saturated carbocycles. The van der Waals surface area contributed by atoms with Crippen molar-refractivity contribution in [1.82, 2.24) is 4.98 Å². The Balaban J connectivity index is 2.73. The van der Waals surface area contributed by atoms with E-state index in [2.05, 4.69) is 4.98 Å². The highest BCUT2D eigenvalue weighted by Gasteiger charge is 2.18. The van der Waals surface area contributed by atoms with E-state index in [0.717, 1.165) is 5.39 Å². The van der Waals surface area contributed by atoms with E-state index in [0.29, 0.717) is 28.5 Å². The molecule has 0 aliphatic rings. The lowest BCUT2D eigenvalue weighted by molar-refractivity contribution is 0.0519. The van der Waals surface area contributed by atoms with Crippen LogP contribution in [0, 0.1) is 6.92 Å². The van der Waals surface area contributed by atoms with Crippen LogP contribution >= 0.6 is 11.6 Å². The van der Waals surface area contributed by atoms with Gasteiger partial charge in [0.1, 0.15) is 11.3 Å². The molecule has 1 aromatic carbocycles. The first kappa shape index (κ1) is 13.6. The molecule has 5 heteroatoms. The molecule has 2 aromatic rings. The summed E-state index contributed by atoms with van der Waals surface area (Å²) >= 11 is 6.30. The Labute approximate surface area is 116 Å². The van der Waals surface area contributed by atoms with Crippen molar-refractivity contribution in [2.24, 2.45) is 0 Å². The van der Waals surface area contributed by atoms with Crippen LogP contribution in [0.3, 0.4) is 0 Å². The number of nitrogens with zero attached hydrogens (tertiary/aromatic N) is 1. The summed E-state index contributed by atoms with van der Waals surface area (Å²) in [6, 6.07) is 5.45. The average Bonchev–Trinajstić information content (AvgIpc) is 2.42. The van der Waals surface area contributed by atoms with E-state index in [4.69, 9.17) is 21.1 Å². The second-order valence-electron chi connectivity index (χ2n) is 3.98. The fourth-order valence-corrected chi connectivity index (χ4v) is 2.12. The van der Waals surface area contributed by atoms with Crippen molar-refractivity contribution in [1.29, 1.82) is 0 Å². The predicted molar refractivity (Wildman–Crippen MR) is 74.0 cm³/mol. The Morgan fingerprint density at radius 3 is 2.79 bits per heavy atom. The minimum absolute atomic E-state index is 0.226. The van der Waals surface area contributed by atoms with Crippen LogP contribution in [-0.2, 0) is 4.74 Å². The molecule has 0 atom stereocenters. The lowest BCUT2D eigenvalue weighted by atomic mass is 10.1. The third-order valence-corrected chi connectivity index (χ3v) is 3.32. The summed E-state index contributed by atoms with van der Waals surface area (Å²) in [6.07, 6.45) is 0. The number of hydrogen-bond acceptors (Lipinski definition) is 4. The maximum Gasteiger partial charge on any atom is 0.357 e. The van der Waals surface area contributed by atoms with Gasteiger partial charge in [-0.05, 0) is 19.9 Å². The Hall–Kier alpha value is -1.81. The molecule has 0 saturated heterocycles. The molecule has 0 N–H and O–H groups in total. The molecule has 0 unspecified atom stereocenters. The molecule has 0 fully saturated rings. The number of para-hydroxylation sites is 1. The van der Waals surface area contributed by atoms with Crippen molar-refractivity contribution >= 4 is 28.5 Å². The first-order chi connectivity index (χ1) is 9.10. The predicted octanol–water partition coefficient (Wildman–Crippen LogP) is 3.38. The fraction of sp³-hybridized carbons (Fsp3) is 0.286. The number of aromatic nitrogens is 1. The molecule has 1 aromatic heterocycles. The molecule has 0 aliphatic carbocycles. The Morgan fingerprint density at radius 2 is 2.16 bits per heavy atom. The standard InChI is InChI=1S/C14H14ClNO3/c1-4-19-14(17)12-8(2)11(15)9-6-5-7-10(18-3)13(9)16-12/h5-7H,4H2,1-3H3. The highest BCUT2D eigenvalue weighted by molar-refractivity contribution is 6.36. The number of carbonyl (C=O) groups excluding carboxylic acids is 1. The maximum atomic E-state index is 11.9. The number of rotatable bonds is 3. The summed E-state index contributed by atoms with van der Waals surface area (Å²) in [6.45, 7) is 3.79. The summed E-state index contributed by atoms with van der Waals surface area (Å²) in [7, 11) is 1.55. The van der Waals surface area contributed by atoms with Gasteiger partial charge >= 0.3 is 5.97 Å². The first-order valence-electron chi connectivity index (χ1n) is 5.90. The van der Waals surface area contributed by atoms with E-state index in [9.17, 15) is 4.79 Å². The molecule has 0 aliphatic heterocycles. The van der Waals surface area contributed by atoms with Crippen LogP contribution in [-0.4, -0.2) is 24.7 Å². The molecule has 100 valence electrons. The van der Waals surface area contributed by atoms with Crippen LogP contribution in [0.15, 0.2) is 18.2 Å². The summed E-state index contributed by atoms with van der Waals surface area (Å²) in [4.78, 5) is 16.2. The van der Waals surface area contributed by atoms with Crippen LogP contribution in [0.1, 0.15) is 23.0 Å². The van der Waals surface area contributed by atoms with Crippen molar-refractivity contribution in [3.63, 3.8) is 0 Å². The molecular weight excluding hydrogens is 266 g/mol. The van der Waals surface area contributed by atoms with Crippen LogP contribution < -0.4 is 4.74 Å². The van der Waals surface area contributed by atoms with Gasteiger partial charge in [0.15, 0.2) is 5.69 Å². The molecule has 1 heterocycles. The molecule has 0 radical (unpaired) electrons. The van der Waals surface area contributed by atoms with E-state index >= 15 is 0 Å². The van der Waals surface area contributed by atoms with E-state index in [1.54, 1.807) is 27.0 Å². The van der Waals surface area contributed by atoms with Crippen LogP contribution in [0.5, 0.6) is 5.75 Å². The van der Waals surface area contributed by atoms with Gasteiger partial charge in [-0.1, -0.05) is 23.7 Å². The third-order valence-electron chi connectivity index (χ3n) is 2.83. The first-order valence-corrected chi connectivity index (χ1v) is 6.27. The van der Waals surface area contributed by atoms with E-state index in [1.807, 2.05) is 12.1 Å². The Morgan fingerprint density at radius 1 is 1.42 bits per heavy atom. The zero-order valence-electron chi connectivity index (χ0n) is 11.0. The van der Waals surface area contributed by atoms with Gasteiger partial charge in [-0.2, -0.15) is 0 Å². The number of esters is 1. The normalized spacial score (nSPS) is 10.5. The summed E-state index contributed by atoms with van der Waals surface area (Å²) < 4.78 is 10.2. The van der Waals surface area contributed by atoms with E-state index in [1.165, 1.54) is 0 Å².